The van der Waals surface area contributed by atoms with Gasteiger partial charge in [-0.2, -0.15) is 0 Å². The number of likely N-dealkylation sites (N-methyl/N-ethyl adjacent to an activating group) is 1. The lowest BCUT2D eigenvalue weighted by Gasteiger charge is -2.30. The van der Waals surface area contributed by atoms with E-state index >= 15 is 0 Å². The zero-order valence-corrected chi connectivity index (χ0v) is 12.4. The fraction of sp³-hybridized carbons (Fsp3) is 1.00. The van der Waals surface area contributed by atoms with Crippen molar-refractivity contribution in [3.63, 3.8) is 0 Å². The second-order valence-electron chi connectivity index (χ2n) is 5.27. The van der Waals surface area contributed by atoms with Gasteiger partial charge in [0.1, 0.15) is 0 Å². The van der Waals surface area contributed by atoms with Gasteiger partial charge in [0.05, 0.1) is 25.9 Å². The Morgan fingerprint density at radius 1 is 1.32 bits per heavy atom. The number of ether oxygens (including phenoxy) is 2. The van der Waals surface area contributed by atoms with Crippen LogP contribution < -0.4 is 5.32 Å². The van der Waals surface area contributed by atoms with Crippen molar-refractivity contribution in [3.05, 3.63) is 0 Å². The van der Waals surface area contributed by atoms with Gasteiger partial charge in [-0.25, -0.2) is 0 Å². The molecule has 5 heteroatoms. The Kier molecular flexibility index (Phi) is 9.38. The molecule has 19 heavy (non-hydrogen) atoms. The molecule has 0 aromatic carbocycles. The summed E-state index contributed by atoms with van der Waals surface area (Å²) in [4.78, 5) is 2.33. The summed E-state index contributed by atoms with van der Waals surface area (Å²) < 4.78 is 10.3. The van der Waals surface area contributed by atoms with E-state index in [1.165, 1.54) is 12.8 Å². The van der Waals surface area contributed by atoms with Crippen molar-refractivity contribution in [1.82, 2.24) is 10.2 Å². The molecule has 1 heterocycles. The molecule has 0 saturated carbocycles. The van der Waals surface area contributed by atoms with E-state index < -0.39 is 6.10 Å². The first-order valence-electron chi connectivity index (χ1n) is 7.44. The minimum Gasteiger partial charge on any atom is -0.389 e. The lowest BCUT2D eigenvalue weighted by molar-refractivity contribution is -0.00214. The number of methoxy groups -OCH3 is 1. The first-order chi connectivity index (χ1) is 9.26. The maximum Gasteiger partial charge on any atom is 0.0900 e. The van der Waals surface area contributed by atoms with Gasteiger partial charge < -0.3 is 24.8 Å². The molecule has 0 bridgehead atoms. The number of nitrogens with one attached hydrogen (secondary N) is 1. The molecular weight excluding hydrogens is 244 g/mol. The zero-order valence-electron chi connectivity index (χ0n) is 12.4. The molecule has 0 aliphatic carbocycles. The summed E-state index contributed by atoms with van der Waals surface area (Å²) in [5.74, 6) is 0.766. The van der Waals surface area contributed by atoms with Crippen LogP contribution in [0, 0.1) is 5.92 Å². The molecule has 1 aliphatic rings. The van der Waals surface area contributed by atoms with Crippen LogP contribution in [0.5, 0.6) is 0 Å². The molecular formula is C14H30N2O3. The fourth-order valence-corrected chi connectivity index (χ4v) is 2.47. The Morgan fingerprint density at radius 3 is 2.68 bits per heavy atom. The molecule has 1 unspecified atom stereocenters. The minimum atomic E-state index is -0.404. The van der Waals surface area contributed by atoms with Crippen LogP contribution in [0.25, 0.3) is 0 Å². The highest BCUT2D eigenvalue weighted by molar-refractivity contribution is 4.73. The predicted octanol–water partition coefficient (Wildman–Crippen LogP) is 0.332. The molecule has 114 valence electrons. The Balaban J connectivity index is 2.15. The van der Waals surface area contributed by atoms with Crippen LogP contribution in [0.1, 0.15) is 19.8 Å². The smallest absolute Gasteiger partial charge is 0.0900 e. The fourth-order valence-electron chi connectivity index (χ4n) is 2.47. The van der Waals surface area contributed by atoms with E-state index in [9.17, 15) is 5.11 Å². The van der Waals surface area contributed by atoms with Crippen molar-refractivity contribution in [2.75, 3.05) is 59.7 Å². The zero-order chi connectivity index (χ0) is 13.9. The van der Waals surface area contributed by atoms with E-state index in [4.69, 9.17) is 9.47 Å². The first-order valence-corrected chi connectivity index (χ1v) is 7.44. The Hall–Kier alpha value is -0.200. The molecule has 0 spiro atoms. The molecule has 1 rings (SSSR count). The summed E-state index contributed by atoms with van der Waals surface area (Å²) in [5, 5.41) is 13.3. The number of rotatable bonds is 10. The summed E-state index contributed by atoms with van der Waals surface area (Å²) in [5.41, 5.74) is 0. The number of nitrogens with zero attached hydrogens (tertiary/aromatic N) is 1. The highest BCUT2D eigenvalue weighted by atomic mass is 16.5. The van der Waals surface area contributed by atoms with Gasteiger partial charge in [0.2, 0.25) is 0 Å². The van der Waals surface area contributed by atoms with Crippen molar-refractivity contribution in [1.29, 1.82) is 0 Å². The third-order valence-corrected chi connectivity index (χ3v) is 3.63. The lowest BCUT2D eigenvalue weighted by Crippen LogP contribution is -2.40. The van der Waals surface area contributed by atoms with E-state index in [2.05, 4.69) is 17.1 Å². The molecule has 2 N–H and O–H groups in total. The van der Waals surface area contributed by atoms with Gasteiger partial charge in [-0.15, -0.1) is 0 Å². The van der Waals surface area contributed by atoms with Gasteiger partial charge >= 0.3 is 0 Å². The average molecular weight is 274 g/mol. The summed E-state index contributed by atoms with van der Waals surface area (Å²) in [7, 11) is 1.65. The van der Waals surface area contributed by atoms with Crippen LogP contribution in [-0.4, -0.2) is 75.8 Å². The second-order valence-corrected chi connectivity index (χ2v) is 5.27. The van der Waals surface area contributed by atoms with E-state index in [-0.39, 0.29) is 0 Å². The van der Waals surface area contributed by atoms with Crippen LogP contribution in [-0.2, 0) is 9.47 Å². The normalized spacial score (nSPS) is 18.9. The van der Waals surface area contributed by atoms with E-state index in [1.807, 2.05) is 0 Å². The monoisotopic (exact) mass is 274 g/mol. The van der Waals surface area contributed by atoms with Crippen molar-refractivity contribution in [2.45, 2.75) is 25.9 Å². The highest BCUT2D eigenvalue weighted by Crippen LogP contribution is 2.13. The van der Waals surface area contributed by atoms with Crippen LogP contribution in [0.15, 0.2) is 0 Å². The third kappa shape index (κ3) is 7.84. The minimum absolute atomic E-state index is 0.395. The molecule has 1 saturated heterocycles. The van der Waals surface area contributed by atoms with Crippen LogP contribution in [0.4, 0.5) is 0 Å². The number of piperidine rings is 1. The lowest BCUT2D eigenvalue weighted by atomic mass is 9.97. The van der Waals surface area contributed by atoms with Crippen molar-refractivity contribution < 1.29 is 14.6 Å². The predicted molar refractivity (Wildman–Crippen MR) is 76.4 cm³/mol. The van der Waals surface area contributed by atoms with Crippen molar-refractivity contribution in [2.24, 2.45) is 5.92 Å². The molecule has 1 atom stereocenters. The van der Waals surface area contributed by atoms with E-state index in [0.29, 0.717) is 26.4 Å². The number of hydrogen-bond donors (Lipinski definition) is 2. The summed E-state index contributed by atoms with van der Waals surface area (Å²) >= 11 is 0. The van der Waals surface area contributed by atoms with E-state index in [0.717, 1.165) is 32.1 Å². The van der Waals surface area contributed by atoms with Gasteiger partial charge in [0, 0.05) is 20.2 Å². The average Bonchev–Trinajstić information content (AvgIpc) is 2.44. The van der Waals surface area contributed by atoms with Crippen molar-refractivity contribution >= 4 is 0 Å². The summed E-state index contributed by atoms with van der Waals surface area (Å²) in [6.45, 7) is 8.72. The molecule has 1 aliphatic heterocycles. The maximum absolute atomic E-state index is 9.96. The Bertz CT molecular complexity index is 211. The highest BCUT2D eigenvalue weighted by Gasteiger charge is 2.18. The summed E-state index contributed by atoms with van der Waals surface area (Å²) in [6.07, 6.45) is 2.09. The van der Waals surface area contributed by atoms with Crippen molar-refractivity contribution in [3.8, 4) is 0 Å². The number of aliphatic hydroxyl groups is 1. The van der Waals surface area contributed by atoms with Gasteiger partial charge in [0.25, 0.3) is 0 Å². The molecule has 0 aromatic heterocycles. The number of hydrogen-bond acceptors (Lipinski definition) is 5. The SMILES string of the molecule is CCN(CC(O)COCCOC)CC1CCNCC1. The molecule has 0 aromatic rings. The second kappa shape index (κ2) is 10.6. The quantitative estimate of drug-likeness (QED) is 0.562. The van der Waals surface area contributed by atoms with Crippen LogP contribution in [0.3, 0.4) is 0 Å². The van der Waals surface area contributed by atoms with Gasteiger partial charge in [-0.1, -0.05) is 6.92 Å². The molecule has 0 amide bonds. The Labute approximate surface area is 117 Å². The first kappa shape index (κ1) is 16.9. The van der Waals surface area contributed by atoms with E-state index in [1.54, 1.807) is 7.11 Å². The largest absolute Gasteiger partial charge is 0.389 e. The summed E-state index contributed by atoms with van der Waals surface area (Å²) in [6, 6.07) is 0. The van der Waals surface area contributed by atoms with Gasteiger partial charge in [-0.05, 0) is 38.4 Å². The van der Waals surface area contributed by atoms with Gasteiger partial charge in [-0.3, -0.25) is 0 Å². The van der Waals surface area contributed by atoms with Crippen LogP contribution >= 0.6 is 0 Å². The standard InChI is InChI=1S/C14H30N2O3/c1-3-16(10-13-4-6-15-7-5-13)11-14(17)12-19-9-8-18-2/h13-15,17H,3-12H2,1-2H3. The molecule has 0 radical (unpaired) electrons. The van der Waals surface area contributed by atoms with Crippen LogP contribution in [0.2, 0.25) is 0 Å². The maximum atomic E-state index is 9.96. The molecule has 1 fully saturated rings. The molecule has 5 nitrogen and oxygen atoms in total. The van der Waals surface area contributed by atoms with Gasteiger partial charge in [0.15, 0.2) is 0 Å². The Morgan fingerprint density at radius 2 is 2.05 bits per heavy atom. The number of aliphatic hydroxyl groups excluding tert-OH is 1. The third-order valence-electron chi connectivity index (χ3n) is 3.63. The topological polar surface area (TPSA) is 54.0 Å².